The Morgan fingerprint density at radius 1 is 0.936 bits per heavy atom. The van der Waals surface area contributed by atoms with Crippen LogP contribution in [0.5, 0.6) is 11.5 Å². The first-order valence-electron chi connectivity index (χ1n) is 15.2. The van der Waals surface area contributed by atoms with Gasteiger partial charge in [0.2, 0.25) is 5.90 Å². The highest BCUT2D eigenvalue weighted by Gasteiger charge is 2.59. The van der Waals surface area contributed by atoms with Crippen molar-refractivity contribution in [1.82, 2.24) is 10.1 Å². The Balaban J connectivity index is 1.27. The molecule has 0 bridgehead atoms. The third kappa shape index (κ3) is 5.88. The Hall–Kier alpha value is -5.00. The minimum Gasteiger partial charge on any atom is -0.497 e. The van der Waals surface area contributed by atoms with Gasteiger partial charge in [-0.05, 0) is 66.2 Å². The number of benzene rings is 4. The van der Waals surface area contributed by atoms with E-state index in [9.17, 15) is 4.79 Å². The summed E-state index contributed by atoms with van der Waals surface area (Å²) in [7, 11) is 1.61. The summed E-state index contributed by atoms with van der Waals surface area (Å²) in [5.74, 6) is 2.22. The number of aliphatic hydroxyl groups is 1. The van der Waals surface area contributed by atoms with Crippen molar-refractivity contribution in [3.63, 3.8) is 0 Å². The summed E-state index contributed by atoms with van der Waals surface area (Å²) in [6, 6.07) is 30.3. The molecule has 0 saturated carbocycles. The first-order chi connectivity index (χ1) is 23.0. The first kappa shape index (κ1) is 30.6. The molecule has 0 radical (unpaired) electrons. The summed E-state index contributed by atoms with van der Waals surface area (Å²) < 4.78 is 24.1. The quantitative estimate of drug-likeness (QED) is 0.160. The van der Waals surface area contributed by atoms with Gasteiger partial charge in [-0.2, -0.15) is 4.98 Å². The van der Waals surface area contributed by atoms with Crippen LogP contribution in [0, 0.1) is 0 Å². The average Bonchev–Trinajstić information content (AvgIpc) is 3.74. The molecule has 2 atom stereocenters. The number of hydrogen-bond acceptors (Lipinski definition) is 9. The fraction of sp³-hybridized carbons (Fsp3) is 0.222. The maximum absolute atomic E-state index is 14.9. The van der Waals surface area contributed by atoms with Gasteiger partial charge >= 0.3 is 0 Å². The number of carbonyl (C=O) groups is 1. The molecular formula is C36H31BrN4O6. The van der Waals surface area contributed by atoms with Crippen LogP contribution in [-0.2, 0) is 22.5 Å². The highest BCUT2D eigenvalue weighted by atomic mass is 79.9. The van der Waals surface area contributed by atoms with Crippen LogP contribution < -0.4 is 14.4 Å². The van der Waals surface area contributed by atoms with Gasteiger partial charge in [0.15, 0.2) is 17.5 Å². The number of halogens is 1. The van der Waals surface area contributed by atoms with Gasteiger partial charge in [-0.25, -0.2) is 4.99 Å². The van der Waals surface area contributed by atoms with Gasteiger partial charge in [-0.15, -0.1) is 0 Å². The molecule has 3 heterocycles. The Morgan fingerprint density at radius 3 is 2.43 bits per heavy atom. The minimum atomic E-state index is -1.31. The van der Waals surface area contributed by atoms with Gasteiger partial charge in [0.1, 0.15) is 11.5 Å². The van der Waals surface area contributed by atoms with Crippen molar-refractivity contribution in [3.8, 4) is 23.0 Å². The van der Waals surface area contributed by atoms with Crippen molar-refractivity contribution in [2.24, 2.45) is 4.99 Å². The third-order valence-corrected chi connectivity index (χ3v) is 9.06. The Kier molecular flexibility index (Phi) is 8.48. The number of methoxy groups -OCH3 is 1. The van der Waals surface area contributed by atoms with E-state index in [0.717, 1.165) is 32.5 Å². The van der Waals surface area contributed by atoms with Crippen LogP contribution in [0.1, 0.15) is 35.0 Å². The number of rotatable bonds is 11. The maximum atomic E-state index is 14.9. The van der Waals surface area contributed by atoms with Gasteiger partial charge < -0.3 is 28.7 Å². The molecule has 7 rings (SSSR count). The van der Waals surface area contributed by atoms with Gasteiger partial charge in [0, 0.05) is 40.6 Å². The molecule has 0 fully saturated rings. The number of aliphatic hydroxyl groups excluding tert-OH is 1. The van der Waals surface area contributed by atoms with Crippen molar-refractivity contribution in [2.75, 3.05) is 25.2 Å². The van der Waals surface area contributed by atoms with E-state index in [0.29, 0.717) is 42.1 Å². The number of para-hydroxylation sites is 1. The molecule has 1 aromatic heterocycles. The topological polar surface area (TPSA) is 120 Å². The zero-order valence-electron chi connectivity index (χ0n) is 25.5. The molecule has 0 saturated heterocycles. The highest BCUT2D eigenvalue weighted by molar-refractivity contribution is 9.10. The van der Waals surface area contributed by atoms with Crippen molar-refractivity contribution in [1.29, 1.82) is 0 Å². The van der Waals surface area contributed by atoms with E-state index in [4.69, 9.17) is 28.8 Å². The zero-order valence-corrected chi connectivity index (χ0v) is 27.1. The Labute approximate surface area is 279 Å². The lowest BCUT2D eigenvalue weighted by Gasteiger charge is -2.41. The van der Waals surface area contributed by atoms with Gasteiger partial charge in [0.05, 0.1) is 25.9 Å². The summed E-state index contributed by atoms with van der Waals surface area (Å²) in [6.07, 6.45) is 0.157. The van der Waals surface area contributed by atoms with Crippen LogP contribution in [0.2, 0.25) is 0 Å². The summed E-state index contributed by atoms with van der Waals surface area (Å²) in [5, 5.41) is 13.3. The molecule has 0 aliphatic carbocycles. The number of amides is 1. The molecule has 47 heavy (non-hydrogen) atoms. The molecule has 5 aromatic rings. The molecule has 2 aliphatic rings. The molecule has 1 N–H and O–H groups in total. The lowest BCUT2D eigenvalue weighted by atomic mass is 9.78. The van der Waals surface area contributed by atoms with E-state index >= 15 is 0 Å². The van der Waals surface area contributed by atoms with E-state index < -0.39 is 11.6 Å². The fourth-order valence-electron chi connectivity index (χ4n) is 5.94. The predicted octanol–water partition coefficient (Wildman–Crippen LogP) is 6.32. The minimum absolute atomic E-state index is 0.0623. The zero-order chi connectivity index (χ0) is 32.4. The van der Waals surface area contributed by atoms with E-state index in [2.05, 4.69) is 26.1 Å². The summed E-state index contributed by atoms with van der Waals surface area (Å²) in [5.41, 5.74) is 2.61. The molecule has 1 amide bonds. The van der Waals surface area contributed by atoms with Gasteiger partial charge in [0.25, 0.3) is 11.8 Å². The second-order valence-electron chi connectivity index (χ2n) is 11.3. The molecule has 0 spiro atoms. The Bertz CT molecular complexity index is 1930. The van der Waals surface area contributed by atoms with Crippen LogP contribution in [0.3, 0.4) is 0 Å². The number of carbonyl (C=O) groups excluding carboxylic acids is 1. The second kappa shape index (κ2) is 13.0. The monoisotopic (exact) mass is 694 g/mol. The number of fused-ring (bicyclic) bond motifs is 3. The van der Waals surface area contributed by atoms with E-state index in [1.165, 1.54) is 0 Å². The third-order valence-electron chi connectivity index (χ3n) is 8.28. The molecule has 11 heteroatoms. The average molecular weight is 696 g/mol. The number of aromatic nitrogens is 2. The molecule has 4 aromatic carbocycles. The smallest absolute Gasteiger partial charge is 0.260 e. The number of hydrogen-bond donors (Lipinski definition) is 1. The van der Waals surface area contributed by atoms with Crippen LogP contribution in [0.15, 0.2) is 111 Å². The first-order valence-corrected chi connectivity index (χ1v) is 16.0. The van der Waals surface area contributed by atoms with Crippen LogP contribution in [-0.4, -0.2) is 52.9 Å². The van der Waals surface area contributed by atoms with Crippen molar-refractivity contribution in [2.45, 2.75) is 31.0 Å². The summed E-state index contributed by atoms with van der Waals surface area (Å²) in [6.45, 7) is 0.547. The lowest BCUT2D eigenvalue weighted by molar-refractivity contribution is -0.127. The van der Waals surface area contributed by atoms with Gasteiger partial charge in [-0.3, -0.25) is 4.79 Å². The summed E-state index contributed by atoms with van der Waals surface area (Å²) in [4.78, 5) is 26.4. The molecule has 0 unspecified atom stereocenters. The van der Waals surface area contributed by atoms with Crippen LogP contribution in [0.25, 0.3) is 11.5 Å². The largest absolute Gasteiger partial charge is 0.497 e. The van der Waals surface area contributed by atoms with Crippen molar-refractivity contribution in [3.05, 3.63) is 124 Å². The lowest BCUT2D eigenvalue weighted by Crippen LogP contribution is -2.55. The van der Waals surface area contributed by atoms with E-state index in [1.807, 2.05) is 97.1 Å². The van der Waals surface area contributed by atoms with Crippen LogP contribution in [0.4, 0.5) is 5.69 Å². The van der Waals surface area contributed by atoms with E-state index in [1.54, 1.807) is 12.0 Å². The Morgan fingerprint density at radius 2 is 1.66 bits per heavy atom. The number of ether oxygens (including phenoxy) is 3. The summed E-state index contributed by atoms with van der Waals surface area (Å²) >= 11 is 3.68. The number of anilines is 1. The van der Waals surface area contributed by atoms with Crippen molar-refractivity contribution >= 4 is 33.4 Å². The second-order valence-corrected chi connectivity index (χ2v) is 12.1. The van der Waals surface area contributed by atoms with E-state index in [-0.39, 0.29) is 25.5 Å². The fourth-order valence-corrected chi connectivity index (χ4v) is 6.37. The van der Waals surface area contributed by atoms with Crippen molar-refractivity contribution < 1.29 is 28.6 Å². The molecule has 10 nitrogen and oxygen atoms in total. The molecule has 2 aliphatic heterocycles. The standard InChI is InChI=1S/C36H31BrN4O6/c1-44-26-15-11-23(12-16-26)33-38-31(40-47-33)22-41-30-10-5-3-8-28(30)32-36(35(41)43,21-25-7-2-4-9-29(25)37)39-34(46-32)24-13-17-27(18-14-24)45-20-6-19-42/h2-5,7-18,32,42H,6,19-22H2,1H3/t32-,36-/m0/s1. The SMILES string of the molecule is COc1ccc(-c2nc(CN3C(=O)[C@@]4(Cc5ccccc5Br)N=C(c5ccc(OCCCO)cc5)O[C@H]4c4ccccc43)no2)cc1. The number of nitrogens with zero attached hydrogens (tertiary/aromatic N) is 4. The number of aliphatic imine (C=N–C) groups is 1. The maximum Gasteiger partial charge on any atom is 0.260 e. The highest BCUT2D eigenvalue weighted by Crippen LogP contribution is 2.50. The van der Waals surface area contributed by atoms with Crippen LogP contribution >= 0.6 is 15.9 Å². The predicted molar refractivity (Wildman–Crippen MR) is 178 cm³/mol. The van der Waals surface area contributed by atoms with Gasteiger partial charge in [-0.1, -0.05) is 57.5 Å². The molecular weight excluding hydrogens is 664 g/mol. The normalized spacial score (nSPS) is 18.3. The molecule has 238 valence electrons.